The Labute approximate surface area is 148 Å². The van der Waals surface area contributed by atoms with Gasteiger partial charge in [0.05, 0.1) is 6.61 Å². The first-order valence-electron chi connectivity index (χ1n) is 8.02. The summed E-state index contributed by atoms with van der Waals surface area (Å²) in [5.41, 5.74) is 2.43. The Morgan fingerprint density at radius 3 is 2.42 bits per heavy atom. The van der Waals surface area contributed by atoms with Crippen molar-refractivity contribution in [3.63, 3.8) is 0 Å². The normalized spacial score (nSPS) is 12.5. The highest BCUT2D eigenvalue weighted by Crippen LogP contribution is 2.30. The molecule has 0 spiro atoms. The Kier molecular flexibility index (Phi) is 7.91. The van der Waals surface area contributed by atoms with Gasteiger partial charge in [0.15, 0.2) is 0 Å². The molecule has 0 fully saturated rings. The molecule has 0 amide bonds. The molecule has 2 nitrogen and oxygen atoms in total. The lowest BCUT2D eigenvalue weighted by Crippen LogP contribution is -1.99. The van der Waals surface area contributed by atoms with Gasteiger partial charge in [-0.05, 0) is 18.1 Å². The van der Waals surface area contributed by atoms with Crippen molar-refractivity contribution >= 4 is 23.8 Å². The van der Waals surface area contributed by atoms with Crippen LogP contribution in [0.4, 0.5) is 0 Å². The highest BCUT2D eigenvalue weighted by Gasteiger charge is 2.07. The van der Waals surface area contributed by atoms with Crippen LogP contribution >= 0.6 is 11.8 Å². The van der Waals surface area contributed by atoms with Crippen molar-refractivity contribution in [3.05, 3.63) is 90.0 Å². The second-order valence-corrected chi connectivity index (χ2v) is 6.26. The van der Waals surface area contributed by atoms with Crippen molar-refractivity contribution in [1.29, 1.82) is 0 Å². The molecule has 0 aliphatic rings. The lowest BCUT2D eigenvalue weighted by atomic mass is 10.1. The molecule has 0 aromatic heterocycles. The van der Waals surface area contributed by atoms with Crippen molar-refractivity contribution in [2.75, 3.05) is 12.4 Å². The molecule has 2 aromatic carbocycles. The quantitative estimate of drug-likeness (QED) is 0.483. The van der Waals surface area contributed by atoms with Gasteiger partial charge in [0.1, 0.15) is 0 Å². The maximum Gasteiger partial charge on any atom is 0.330 e. The van der Waals surface area contributed by atoms with Crippen molar-refractivity contribution in [3.8, 4) is 0 Å². The Bertz CT molecular complexity index is 663. The summed E-state index contributed by atoms with van der Waals surface area (Å²) >= 11 is 1.77. The van der Waals surface area contributed by atoms with E-state index in [1.54, 1.807) is 18.7 Å². The second-order valence-electron chi connectivity index (χ2n) is 5.09. The lowest BCUT2D eigenvalue weighted by Gasteiger charge is -2.12. The van der Waals surface area contributed by atoms with E-state index in [-0.39, 0.29) is 11.2 Å². The molecule has 2 aromatic rings. The molecular formula is C21H22O2S. The first-order chi connectivity index (χ1) is 11.8. The first kappa shape index (κ1) is 18.1. The molecule has 124 valence electrons. The molecule has 0 saturated carbocycles. The lowest BCUT2D eigenvalue weighted by molar-refractivity contribution is -0.137. The first-order valence-corrected chi connectivity index (χ1v) is 9.07. The Balaban J connectivity index is 2.01. The van der Waals surface area contributed by atoms with Crippen LogP contribution in [-0.4, -0.2) is 18.3 Å². The number of thioether (sulfide) groups is 1. The van der Waals surface area contributed by atoms with Crippen molar-refractivity contribution in [2.24, 2.45) is 0 Å². The Hall–Kier alpha value is -2.26. The van der Waals surface area contributed by atoms with Gasteiger partial charge in [-0.2, -0.15) is 0 Å². The molecule has 24 heavy (non-hydrogen) atoms. The molecule has 0 saturated heterocycles. The van der Waals surface area contributed by atoms with Gasteiger partial charge in [-0.25, -0.2) is 4.79 Å². The summed E-state index contributed by atoms with van der Waals surface area (Å²) in [6.45, 7) is 2.21. The van der Waals surface area contributed by atoms with E-state index in [1.165, 1.54) is 17.2 Å². The van der Waals surface area contributed by atoms with Crippen LogP contribution in [-0.2, 0) is 9.53 Å². The van der Waals surface area contributed by atoms with Gasteiger partial charge in [0.25, 0.3) is 0 Å². The van der Waals surface area contributed by atoms with Crippen LogP contribution in [0.15, 0.2) is 78.9 Å². The molecule has 2 rings (SSSR count). The fourth-order valence-electron chi connectivity index (χ4n) is 2.16. The summed E-state index contributed by atoms with van der Waals surface area (Å²) in [7, 11) is 0. The van der Waals surface area contributed by atoms with Gasteiger partial charge in [0, 0.05) is 17.1 Å². The number of carbonyl (C=O) groups excluding carboxylic acids is 1. The minimum atomic E-state index is -0.283. The van der Waals surface area contributed by atoms with Crippen LogP contribution in [0.5, 0.6) is 0 Å². The van der Waals surface area contributed by atoms with Gasteiger partial charge >= 0.3 is 5.97 Å². The van der Waals surface area contributed by atoms with Gasteiger partial charge in [-0.15, -0.1) is 11.8 Å². The van der Waals surface area contributed by atoms with Gasteiger partial charge in [0.2, 0.25) is 0 Å². The van der Waals surface area contributed by atoms with E-state index in [1.807, 2.05) is 42.5 Å². The topological polar surface area (TPSA) is 26.3 Å². The minimum absolute atomic E-state index is 0.234. The summed E-state index contributed by atoms with van der Waals surface area (Å²) in [5.74, 6) is 0.464. The van der Waals surface area contributed by atoms with Gasteiger partial charge in [-0.3, -0.25) is 0 Å². The van der Waals surface area contributed by atoms with E-state index in [0.717, 1.165) is 5.75 Å². The minimum Gasteiger partial charge on any atom is -0.463 e. The van der Waals surface area contributed by atoms with E-state index in [9.17, 15) is 4.79 Å². The molecular weight excluding hydrogens is 316 g/mol. The SMILES string of the molecule is CCOC(=O)/C=C/CSC(C=Cc1ccccc1)c1ccccc1. The monoisotopic (exact) mass is 338 g/mol. The molecule has 0 N–H and O–H groups in total. The van der Waals surface area contributed by atoms with Gasteiger partial charge < -0.3 is 4.74 Å². The number of hydrogen-bond acceptors (Lipinski definition) is 3. The van der Waals surface area contributed by atoms with Crippen LogP contribution in [0.2, 0.25) is 0 Å². The number of rotatable bonds is 8. The molecule has 0 aliphatic heterocycles. The average molecular weight is 338 g/mol. The smallest absolute Gasteiger partial charge is 0.330 e. The van der Waals surface area contributed by atoms with Crippen LogP contribution in [0.1, 0.15) is 23.3 Å². The zero-order chi connectivity index (χ0) is 17.0. The number of ether oxygens (including phenoxy) is 1. The summed E-state index contributed by atoms with van der Waals surface area (Å²) in [6.07, 6.45) is 7.70. The van der Waals surface area contributed by atoms with E-state index < -0.39 is 0 Å². The van der Waals surface area contributed by atoms with Gasteiger partial charge in [-0.1, -0.05) is 78.9 Å². The summed E-state index contributed by atoms with van der Waals surface area (Å²) < 4.78 is 4.89. The van der Waals surface area contributed by atoms with Crippen LogP contribution < -0.4 is 0 Å². The van der Waals surface area contributed by atoms with Crippen LogP contribution in [0.3, 0.4) is 0 Å². The average Bonchev–Trinajstić information content (AvgIpc) is 2.63. The molecule has 1 unspecified atom stereocenters. The maximum absolute atomic E-state index is 11.3. The predicted molar refractivity (Wildman–Crippen MR) is 103 cm³/mol. The van der Waals surface area contributed by atoms with Crippen LogP contribution in [0, 0.1) is 0 Å². The van der Waals surface area contributed by atoms with Crippen LogP contribution in [0.25, 0.3) is 6.08 Å². The van der Waals surface area contributed by atoms with Crippen molar-refractivity contribution in [1.82, 2.24) is 0 Å². The highest BCUT2D eigenvalue weighted by molar-refractivity contribution is 7.99. The Morgan fingerprint density at radius 1 is 1.08 bits per heavy atom. The molecule has 0 aliphatic carbocycles. The largest absolute Gasteiger partial charge is 0.463 e. The summed E-state index contributed by atoms with van der Waals surface area (Å²) in [5, 5.41) is 0.234. The van der Waals surface area contributed by atoms with E-state index in [0.29, 0.717) is 6.61 Å². The number of hydrogen-bond donors (Lipinski definition) is 0. The predicted octanol–water partition coefficient (Wildman–Crippen LogP) is 5.29. The standard InChI is InChI=1S/C21H22O2S/c1-2-23-21(22)14-9-17-24-20(19-12-7-4-8-13-19)16-15-18-10-5-3-6-11-18/h3-16,20H,2,17H2,1H3/b14-9+,16-15?. The fourth-order valence-corrected chi connectivity index (χ4v) is 3.12. The fraction of sp³-hybridized carbons (Fsp3) is 0.190. The zero-order valence-corrected chi connectivity index (χ0v) is 14.6. The molecule has 0 heterocycles. The number of carbonyl (C=O) groups is 1. The summed E-state index contributed by atoms with van der Waals surface area (Å²) in [6, 6.07) is 20.6. The number of benzene rings is 2. The molecule has 0 bridgehead atoms. The van der Waals surface area contributed by atoms with E-state index in [2.05, 4.69) is 36.4 Å². The molecule has 1 atom stereocenters. The van der Waals surface area contributed by atoms with E-state index in [4.69, 9.17) is 4.74 Å². The third-order valence-corrected chi connectivity index (χ3v) is 4.48. The van der Waals surface area contributed by atoms with Crippen molar-refractivity contribution < 1.29 is 9.53 Å². The maximum atomic E-state index is 11.3. The third kappa shape index (κ3) is 6.47. The molecule has 0 radical (unpaired) electrons. The second kappa shape index (κ2) is 10.5. The van der Waals surface area contributed by atoms with Crippen molar-refractivity contribution in [2.45, 2.75) is 12.2 Å². The molecule has 3 heteroatoms. The van der Waals surface area contributed by atoms with E-state index >= 15 is 0 Å². The number of esters is 1. The Morgan fingerprint density at radius 2 is 1.75 bits per heavy atom. The summed E-state index contributed by atoms with van der Waals surface area (Å²) in [4.78, 5) is 11.3. The highest BCUT2D eigenvalue weighted by atomic mass is 32.2. The zero-order valence-electron chi connectivity index (χ0n) is 13.8. The third-order valence-electron chi connectivity index (χ3n) is 3.30.